The maximum atomic E-state index is 13.3. The van der Waals surface area contributed by atoms with Gasteiger partial charge in [-0.25, -0.2) is 8.42 Å². The van der Waals surface area contributed by atoms with E-state index in [1.165, 1.54) is 28.6 Å². The van der Waals surface area contributed by atoms with Gasteiger partial charge < -0.3 is 15.4 Å². The predicted octanol–water partition coefficient (Wildman–Crippen LogP) is 5.41. The summed E-state index contributed by atoms with van der Waals surface area (Å²) in [6.07, 6.45) is -8.64. The van der Waals surface area contributed by atoms with Crippen LogP contribution in [0.2, 0.25) is 0 Å². The van der Waals surface area contributed by atoms with Crippen molar-refractivity contribution in [3.63, 3.8) is 0 Å². The topological polar surface area (TPSA) is 105 Å². The molecule has 0 bridgehead atoms. The molecule has 1 fully saturated rings. The number of nitrogens with zero attached hydrogens (tertiary/aromatic N) is 1. The van der Waals surface area contributed by atoms with Crippen LogP contribution in [0.5, 0.6) is 0 Å². The number of nitrogens with one attached hydrogen (secondary N) is 2. The van der Waals surface area contributed by atoms with Gasteiger partial charge in [0.25, 0.3) is 11.8 Å². The Balaban J connectivity index is 1.67. The van der Waals surface area contributed by atoms with E-state index in [4.69, 9.17) is 4.74 Å². The van der Waals surface area contributed by atoms with E-state index in [0.717, 1.165) is 42.5 Å². The third-order valence-electron chi connectivity index (χ3n) is 6.16. The van der Waals surface area contributed by atoms with Gasteiger partial charge >= 0.3 is 12.4 Å². The number of alkyl halides is 6. The first-order valence-electron chi connectivity index (χ1n) is 12.5. The van der Waals surface area contributed by atoms with Crippen LogP contribution in [0.3, 0.4) is 0 Å². The minimum atomic E-state index is -4.74. The average Bonchev–Trinajstić information content (AvgIpc) is 2.96. The van der Waals surface area contributed by atoms with E-state index in [-0.39, 0.29) is 48.1 Å². The van der Waals surface area contributed by atoms with Crippen molar-refractivity contribution in [1.82, 2.24) is 4.31 Å². The van der Waals surface area contributed by atoms with Crippen molar-refractivity contribution in [2.45, 2.75) is 17.2 Å². The van der Waals surface area contributed by atoms with E-state index < -0.39 is 50.9 Å². The highest BCUT2D eigenvalue weighted by atomic mass is 32.2. The monoisotopic (exact) mass is 627 g/mol. The molecule has 3 aromatic carbocycles. The van der Waals surface area contributed by atoms with Crippen LogP contribution in [0.15, 0.2) is 83.3 Å². The Bertz CT molecular complexity index is 1650. The molecule has 0 aliphatic carbocycles. The summed E-state index contributed by atoms with van der Waals surface area (Å²) < 4.78 is 112. The Labute approximate surface area is 242 Å². The molecule has 2 N–H and O–H groups in total. The van der Waals surface area contributed by atoms with E-state index in [1.807, 2.05) is 0 Å². The van der Waals surface area contributed by atoms with E-state index in [2.05, 4.69) is 10.6 Å². The van der Waals surface area contributed by atoms with Crippen molar-refractivity contribution in [3.8, 4) is 0 Å². The SMILES string of the molecule is O=C(Nc1cccc(C(F)(F)F)c1)C(=Cc1cccc(C(F)(F)F)c1)C(=O)Nc1cccc(S(=O)(=O)N2CCOCC2)c1. The second-order valence-corrected chi connectivity index (χ2v) is 11.2. The number of carbonyl (C=O) groups is 2. The normalized spacial score (nSPS) is 15.2. The number of hydrogen-bond donors (Lipinski definition) is 2. The summed E-state index contributed by atoms with van der Waals surface area (Å²) >= 11 is 0. The molecule has 8 nitrogen and oxygen atoms in total. The Morgan fingerprint density at radius 3 is 1.84 bits per heavy atom. The molecule has 1 aliphatic rings. The first-order chi connectivity index (χ1) is 20.1. The fraction of sp³-hybridized carbons (Fsp3) is 0.214. The van der Waals surface area contributed by atoms with Crippen LogP contribution in [-0.4, -0.2) is 50.8 Å². The summed E-state index contributed by atoms with van der Waals surface area (Å²) in [6, 6.07) is 12.3. The number of carbonyl (C=O) groups excluding carboxylic acids is 2. The molecule has 228 valence electrons. The number of benzene rings is 3. The molecule has 1 heterocycles. The molecular weight excluding hydrogens is 604 g/mol. The van der Waals surface area contributed by atoms with Gasteiger partial charge in [-0.2, -0.15) is 30.6 Å². The van der Waals surface area contributed by atoms with Crippen molar-refractivity contribution in [2.24, 2.45) is 0 Å². The summed E-state index contributed by atoms with van der Waals surface area (Å²) in [7, 11) is -3.97. The molecular formula is C28H23F6N3O5S. The van der Waals surface area contributed by atoms with Crippen LogP contribution >= 0.6 is 0 Å². The smallest absolute Gasteiger partial charge is 0.379 e. The lowest BCUT2D eigenvalue weighted by Gasteiger charge is -2.26. The maximum Gasteiger partial charge on any atom is 0.416 e. The third-order valence-corrected chi connectivity index (χ3v) is 8.06. The zero-order valence-electron chi connectivity index (χ0n) is 22.0. The van der Waals surface area contributed by atoms with Crippen molar-refractivity contribution in [3.05, 3.63) is 95.1 Å². The van der Waals surface area contributed by atoms with Gasteiger partial charge in [0.2, 0.25) is 10.0 Å². The quantitative estimate of drug-likeness (QED) is 0.158. The number of hydrogen-bond acceptors (Lipinski definition) is 5. The Morgan fingerprint density at radius 1 is 0.744 bits per heavy atom. The molecule has 0 spiro atoms. The molecule has 1 saturated heterocycles. The van der Waals surface area contributed by atoms with Gasteiger partial charge in [0.1, 0.15) is 5.57 Å². The van der Waals surface area contributed by atoms with Gasteiger partial charge in [-0.1, -0.05) is 24.3 Å². The Morgan fingerprint density at radius 2 is 1.26 bits per heavy atom. The molecule has 43 heavy (non-hydrogen) atoms. The van der Waals surface area contributed by atoms with Crippen LogP contribution < -0.4 is 10.6 Å². The summed E-state index contributed by atoms with van der Waals surface area (Å²) in [4.78, 5) is 26.3. The first-order valence-corrected chi connectivity index (χ1v) is 14.0. The van der Waals surface area contributed by atoms with Crippen molar-refractivity contribution < 1.29 is 49.1 Å². The average molecular weight is 628 g/mol. The standard InChI is InChI=1S/C28H23F6N3O5S/c29-27(30,31)19-5-1-4-18(14-19)15-24(25(38)35-21-7-2-6-20(16-21)28(32,33)34)26(39)36-22-8-3-9-23(17-22)43(40,41)37-10-12-42-13-11-37/h1-9,14-17H,10-13H2,(H,35,38)(H,36,39). The fourth-order valence-corrected chi connectivity index (χ4v) is 5.50. The molecule has 0 unspecified atom stereocenters. The maximum absolute atomic E-state index is 13.3. The van der Waals surface area contributed by atoms with Gasteiger partial charge in [-0.05, 0) is 60.2 Å². The van der Waals surface area contributed by atoms with Crippen LogP contribution in [0.1, 0.15) is 16.7 Å². The second-order valence-electron chi connectivity index (χ2n) is 9.21. The van der Waals surface area contributed by atoms with Gasteiger partial charge in [0, 0.05) is 24.5 Å². The highest BCUT2D eigenvalue weighted by Gasteiger charge is 2.32. The number of ether oxygens (including phenoxy) is 1. The lowest BCUT2D eigenvalue weighted by Crippen LogP contribution is -2.40. The number of sulfonamides is 1. The molecule has 3 aromatic rings. The van der Waals surface area contributed by atoms with Gasteiger partial charge in [0.15, 0.2) is 0 Å². The summed E-state index contributed by atoms with van der Waals surface area (Å²) in [6.45, 7) is 0.609. The second kappa shape index (κ2) is 12.6. The minimum Gasteiger partial charge on any atom is -0.379 e. The van der Waals surface area contributed by atoms with E-state index >= 15 is 0 Å². The van der Waals surface area contributed by atoms with Gasteiger partial charge in [-0.15, -0.1) is 0 Å². The molecule has 0 radical (unpaired) electrons. The fourth-order valence-electron chi connectivity index (χ4n) is 4.05. The first kappa shape index (κ1) is 31.7. The van der Waals surface area contributed by atoms with Gasteiger partial charge in [0.05, 0.1) is 29.2 Å². The zero-order chi connectivity index (χ0) is 31.4. The predicted molar refractivity (Wildman–Crippen MR) is 144 cm³/mol. The number of halogens is 6. The number of amides is 2. The van der Waals surface area contributed by atoms with Crippen molar-refractivity contribution in [2.75, 3.05) is 36.9 Å². The highest BCUT2D eigenvalue weighted by Crippen LogP contribution is 2.32. The number of morpholine rings is 1. The Hall–Kier alpha value is -4.21. The summed E-state index contributed by atoms with van der Waals surface area (Å²) in [5.41, 5.74) is -3.53. The van der Waals surface area contributed by atoms with Gasteiger partial charge in [-0.3, -0.25) is 9.59 Å². The van der Waals surface area contributed by atoms with Crippen LogP contribution in [0.25, 0.3) is 6.08 Å². The van der Waals surface area contributed by atoms with Crippen molar-refractivity contribution in [1.29, 1.82) is 0 Å². The van der Waals surface area contributed by atoms with Crippen LogP contribution in [0.4, 0.5) is 37.7 Å². The molecule has 2 amide bonds. The molecule has 4 rings (SSSR count). The van der Waals surface area contributed by atoms with Crippen LogP contribution in [0, 0.1) is 0 Å². The van der Waals surface area contributed by atoms with E-state index in [9.17, 15) is 44.3 Å². The van der Waals surface area contributed by atoms with E-state index in [0.29, 0.717) is 12.1 Å². The molecule has 0 saturated carbocycles. The van der Waals surface area contributed by atoms with Crippen LogP contribution in [-0.2, 0) is 36.7 Å². The molecule has 0 aromatic heterocycles. The summed E-state index contributed by atoms with van der Waals surface area (Å²) in [5, 5.41) is 4.51. The van der Waals surface area contributed by atoms with Crippen molar-refractivity contribution >= 4 is 39.3 Å². The highest BCUT2D eigenvalue weighted by molar-refractivity contribution is 7.89. The molecule has 1 aliphatic heterocycles. The lowest BCUT2D eigenvalue weighted by molar-refractivity contribution is -0.138. The number of anilines is 2. The molecule has 0 atom stereocenters. The largest absolute Gasteiger partial charge is 0.416 e. The minimum absolute atomic E-state index is 0.0684. The zero-order valence-corrected chi connectivity index (χ0v) is 22.8. The summed E-state index contributed by atoms with van der Waals surface area (Å²) in [5.74, 6) is -2.39. The number of rotatable bonds is 7. The van der Waals surface area contributed by atoms with E-state index in [1.54, 1.807) is 0 Å². The lowest BCUT2D eigenvalue weighted by atomic mass is 10.1. The molecule has 15 heteroatoms. The third kappa shape index (κ3) is 8.00. The Kier molecular flexibility index (Phi) is 9.27.